The van der Waals surface area contributed by atoms with Crippen molar-refractivity contribution >= 4 is 11.6 Å². The predicted molar refractivity (Wildman–Crippen MR) is 97.6 cm³/mol. The molecule has 0 saturated heterocycles. The second kappa shape index (κ2) is 7.36. The lowest BCUT2D eigenvalue weighted by Crippen LogP contribution is -2.24. The second-order valence-electron chi connectivity index (χ2n) is 6.20. The number of rotatable bonds is 6. The lowest BCUT2D eigenvalue weighted by atomic mass is 10.1. The summed E-state index contributed by atoms with van der Waals surface area (Å²) in [6.07, 6.45) is 2.50. The van der Waals surface area contributed by atoms with Crippen LogP contribution in [0.1, 0.15) is 23.7 Å². The van der Waals surface area contributed by atoms with Gasteiger partial charge in [0.25, 0.3) is 0 Å². The standard InChI is InChI=1S/C19H18N6O2/c1-13-5-7-14(8-6-13)19-21-18(27-24-19)10-9-17(26)20-12-16-23-22-15-4-2-3-11-25(15)16/h2-8,11H,9-10,12H2,1H3,(H,20,26). The number of amides is 1. The first-order chi connectivity index (χ1) is 13.2. The van der Waals surface area contributed by atoms with E-state index in [4.69, 9.17) is 4.52 Å². The van der Waals surface area contributed by atoms with Gasteiger partial charge in [0, 0.05) is 24.6 Å². The number of aromatic nitrogens is 5. The lowest BCUT2D eigenvalue weighted by Gasteiger charge is -2.02. The van der Waals surface area contributed by atoms with Gasteiger partial charge < -0.3 is 9.84 Å². The van der Waals surface area contributed by atoms with Crippen LogP contribution < -0.4 is 5.32 Å². The number of pyridine rings is 1. The Morgan fingerprint density at radius 1 is 1.15 bits per heavy atom. The zero-order chi connectivity index (χ0) is 18.6. The molecule has 8 nitrogen and oxygen atoms in total. The van der Waals surface area contributed by atoms with Crippen LogP contribution in [0, 0.1) is 6.92 Å². The van der Waals surface area contributed by atoms with Gasteiger partial charge in [0.15, 0.2) is 11.5 Å². The van der Waals surface area contributed by atoms with E-state index in [1.54, 1.807) is 0 Å². The summed E-state index contributed by atoms with van der Waals surface area (Å²) in [5.74, 6) is 1.53. The van der Waals surface area contributed by atoms with Gasteiger partial charge in [0.05, 0.1) is 6.54 Å². The molecular formula is C19H18N6O2. The molecule has 0 aliphatic rings. The zero-order valence-electron chi connectivity index (χ0n) is 14.8. The maximum Gasteiger partial charge on any atom is 0.227 e. The van der Waals surface area contributed by atoms with Crippen molar-refractivity contribution in [2.75, 3.05) is 0 Å². The van der Waals surface area contributed by atoms with Gasteiger partial charge in [-0.05, 0) is 19.1 Å². The number of hydrogen-bond donors (Lipinski definition) is 1. The fourth-order valence-electron chi connectivity index (χ4n) is 2.67. The largest absolute Gasteiger partial charge is 0.349 e. The summed E-state index contributed by atoms with van der Waals surface area (Å²) in [6.45, 7) is 2.33. The lowest BCUT2D eigenvalue weighted by molar-refractivity contribution is -0.121. The molecule has 4 rings (SSSR count). The number of nitrogens with zero attached hydrogens (tertiary/aromatic N) is 5. The normalized spacial score (nSPS) is 11.0. The van der Waals surface area contributed by atoms with Crippen LogP contribution in [-0.2, 0) is 17.8 Å². The molecule has 1 aromatic carbocycles. The third kappa shape index (κ3) is 3.84. The van der Waals surface area contributed by atoms with Crippen LogP contribution in [0.2, 0.25) is 0 Å². The molecule has 0 fully saturated rings. The molecule has 1 N–H and O–H groups in total. The van der Waals surface area contributed by atoms with Gasteiger partial charge in [-0.3, -0.25) is 9.20 Å². The van der Waals surface area contributed by atoms with Gasteiger partial charge in [0.2, 0.25) is 17.6 Å². The van der Waals surface area contributed by atoms with Crippen molar-refractivity contribution in [3.8, 4) is 11.4 Å². The van der Waals surface area contributed by atoms with Crippen LogP contribution in [0.3, 0.4) is 0 Å². The van der Waals surface area contributed by atoms with E-state index in [0.717, 1.165) is 11.2 Å². The molecule has 0 spiro atoms. The highest BCUT2D eigenvalue weighted by atomic mass is 16.5. The zero-order valence-corrected chi connectivity index (χ0v) is 14.8. The molecule has 0 bridgehead atoms. The monoisotopic (exact) mass is 362 g/mol. The van der Waals surface area contributed by atoms with Gasteiger partial charge in [-0.2, -0.15) is 4.98 Å². The molecule has 0 radical (unpaired) electrons. The number of carbonyl (C=O) groups excluding carboxylic acids is 1. The van der Waals surface area contributed by atoms with Crippen LogP contribution in [0.5, 0.6) is 0 Å². The van der Waals surface area contributed by atoms with Crippen LogP contribution in [-0.4, -0.2) is 30.6 Å². The Balaban J connectivity index is 1.31. The Kier molecular flexibility index (Phi) is 4.61. The van der Waals surface area contributed by atoms with Gasteiger partial charge >= 0.3 is 0 Å². The van der Waals surface area contributed by atoms with Gasteiger partial charge in [-0.25, -0.2) is 0 Å². The first kappa shape index (κ1) is 16.9. The van der Waals surface area contributed by atoms with E-state index in [0.29, 0.717) is 30.5 Å². The maximum absolute atomic E-state index is 12.1. The van der Waals surface area contributed by atoms with E-state index in [2.05, 4.69) is 25.7 Å². The summed E-state index contributed by atoms with van der Waals surface area (Å²) in [5, 5.41) is 15.0. The molecular weight excluding hydrogens is 344 g/mol. The van der Waals surface area contributed by atoms with Gasteiger partial charge in [-0.1, -0.05) is 41.1 Å². The summed E-state index contributed by atoms with van der Waals surface area (Å²) < 4.78 is 7.08. The molecule has 0 aliphatic heterocycles. The smallest absolute Gasteiger partial charge is 0.227 e. The first-order valence-electron chi connectivity index (χ1n) is 8.64. The molecule has 4 aromatic rings. The molecule has 8 heteroatoms. The Morgan fingerprint density at radius 2 is 2.00 bits per heavy atom. The van der Waals surface area contributed by atoms with Crippen LogP contribution in [0.25, 0.3) is 17.0 Å². The fourth-order valence-corrected chi connectivity index (χ4v) is 2.67. The van der Waals surface area contributed by atoms with E-state index in [1.165, 1.54) is 5.56 Å². The van der Waals surface area contributed by atoms with Crippen LogP contribution in [0.4, 0.5) is 0 Å². The molecule has 3 aromatic heterocycles. The molecule has 3 heterocycles. The summed E-state index contributed by atoms with van der Waals surface area (Å²) in [5.41, 5.74) is 2.80. The average Bonchev–Trinajstić information content (AvgIpc) is 3.32. The number of nitrogens with one attached hydrogen (secondary N) is 1. The van der Waals surface area contributed by atoms with E-state index in [-0.39, 0.29) is 12.3 Å². The number of fused-ring (bicyclic) bond motifs is 1. The number of benzene rings is 1. The van der Waals surface area contributed by atoms with E-state index in [1.807, 2.05) is 60.0 Å². The molecule has 0 saturated carbocycles. The Labute approximate surface area is 155 Å². The Hall–Kier alpha value is -3.55. The van der Waals surface area contributed by atoms with Crippen molar-refractivity contribution < 1.29 is 9.32 Å². The third-order valence-corrected chi connectivity index (χ3v) is 4.17. The Morgan fingerprint density at radius 3 is 2.85 bits per heavy atom. The van der Waals surface area contributed by atoms with Crippen molar-refractivity contribution in [3.63, 3.8) is 0 Å². The molecule has 0 atom stereocenters. The van der Waals surface area contributed by atoms with Crippen molar-refractivity contribution in [1.82, 2.24) is 30.1 Å². The van der Waals surface area contributed by atoms with Crippen molar-refractivity contribution in [3.05, 3.63) is 65.9 Å². The SMILES string of the molecule is Cc1ccc(-c2noc(CCC(=O)NCc3nnc4ccccn34)n2)cc1. The second-order valence-corrected chi connectivity index (χ2v) is 6.20. The topological polar surface area (TPSA) is 98.2 Å². The minimum absolute atomic E-state index is 0.113. The number of carbonyl (C=O) groups is 1. The molecule has 27 heavy (non-hydrogen) atoms. The van der Waals surface area contributed by atoms with Crippen molar-refractivity contribution in [2.24, 2.45) is 0 Å². The number of aryl methyl sites for hydroxylation is 2. The summed E-state index contributed by atoms with van der Waals surface area (Å²) in [7, 11) is 0. The highest BCUT2D eigenvalue weighted by Gasteiger charge is 2.11. The average molecular weight is 362 g/mol. The molecule has 0 unspecified atom stereocenters. The predicted octanol–water partition coefficient (Wildman–Crippen LogP) is 2.34. The quantitative estimate of drug-likeness (QED) is 0.565. The van der Waals surface area contributed by atoms with E-state index in [9.17, 15) is 4.79 Å². The minimum Gasteiger partial charge on any atom is -0.349 e. The molecule has 136 valence electrons. The van der Waals surface area contributed by atoms with Crippen LogP contribution >= 0.6 is 0 Å². The van der Waals surface area contributed by atoms with Gasteiger partial charge in [0.1, 0.15) is 0 Å². The van der Waals surface area contributed by atoms with Crippen molar-refractivity contribution in [1.29, 1.82) is 0 Å². The fraction of sp³-hybridized carbons (Fsp3) is 0.211. The summed E-state index contributed by atoms with van der Waals surface area (Å²) in [6, 6.07) is 13.5. The highest BCUT2D eigenvalue weighted by Crippen LogP contribution is 2.16. The van der Waals surface area contributed by atoms with E-state index < -0.39 is 0 Å². The highest BCUT2D eigenvalue weighted by molar-refractivity contribution is 5.75. The number of hydrogen-bond acceptors (Lipinski definition) is 6. The minimum atomic E-state index is -0.113. The summed E-state index contributed by atoms with van der Waals surface area (Å²) in [4.78, 5) is 16.5. The Bertz CT molecular complexity index is 1070. The van der Waals surface area contributed by atoms with Crippen molar-refractivity contribution in [2.45, 2.75) is 26.3 Å². The van der Waals surface area contributed by atoms with Crippen LogP contribution in [0.15, 0.2) is 53.2 Å². The molecule has 0 aliphatic carbocycles. The maximum atomic E-state index is 12.1. The first-order valence-corrected chi connectivity index (χ1v) is 8.64. The van der Waals surface area contributed by atoms with Gasteiger partial charge in [-0.15, -0.1) is 10.2 Å². The summed E-state index contributed by atoms with van der Waals surface area (Å²) >= 11 is 0. The van der Waals surface area contributed by atoms with E-state index >= 15 is 0 Å². The molecule has 1 amide bonds. The third-order valence-electron chi connectivity index (χ3n) is 4.17.